The summed E-state index contributed by atoms with van der Waals surface area (Å²) in [5.41, 5.74) is 3.46. The highest BCUT2D eigenvalue weighted by Gasteiger charge is 2.11. The molecule has 2 rings (SSSR count). The van der Waals surface area contributed by atoms with Crippen LogP contribution in [0.4, 0.5) is 0 Å². The fourth-order valence-corrected chi connectivity index (χ4v) is 2.10. The molecule has 1 aromatic carbocycles. The SMILES string of the molecule is CCc1cc(CC)n(-c2ccc(Cl)cc2C=O)n1. The third-order valence-electron chi connectivity index (χ3n) is 2.90. The number of hydrogen-bond acceptors (Lipinski definition) is 2. The molecule has 0 amide bonds. The number of benzene rings is 1. The maximum atomic E-state index is 11.1. The van der Waals surface area contributed by atoms with Crippen molar-refractivity contribution in [2.75, 3.05) is 0 Å². The van der Waals surface area contributed by atoms with E-state index in [2.05, 4.69) is 25.0 Å². The predicted octanol–water partition coefficient (Wildman–Crippen LogP) is 3.46. The summed E-state index contributed by atoms with van der Waals surface area (Å²) in [6, 6.07) is 7.34. The first-order valence-corrected chi connectivity index (χ1v) is 6.40. The summed E-state index contributed by atoms with van der Waals surface area (Å²) in [5, 5.41) is 5.08. The predicted molar refractivity (Wildman–Crippen MR) is 72.7 cm³/mol. The average molecular weight is 263 g/mol. The first-order chi connectivity index (χ1) is 8.69. The first-order valence-electron chi connectivity index (χ1n) is 6.02. The third-order valence-corrected chi connectivity index (χ3v) is 3.14. The molecule has 4 heteroatoms. The van der Waals surface area contributed by atoms with Crippen LogP contribution in [0.3, 0.4) is 0 Å². The lowest BCUT2D eigenvalue weighted by Gasteiger charge is -2.08. The van der Waals surface area contributed by atoms with Gasteiger partial charge in [-0.1, -0.05) is 25.4 Å². The molecule has 0 aliphatic rings. The van der Waals surface area contributed by atoms with E-state index in [0.29, 0.717) is 10.6 Å². The van der Waals surface area contributed by atoms with E-state index in [0.717, 1.165) is 36.2 Å². The van der Waals surface area contributed by atoms with Gasteiger partial charge < -0.3 is 0 Å². The number of halogens is 1. The number of aryl methyl sites for hydroxylation is 2. The van der Waals surface area contributed by atoms with Gasteiger partial charge in [0.1, 0.15) is 0 Å². The zero-order chi connectivity index (χ0) is 13.1. The van der Waals surface area contributed by atoms with Crippen molar-refractivity contribution in [3.63, 3.8) is 0 Å². The van der Waals surface area contributed by atoms with Crippen LogP contribution in [0, 0.1) is 0 Å². The van der Waals surface area contributed by atoms with Gasteiger partial charge in [0.2, 0.25) is 0 Å². The fourth-order valence-electron chi connectivity index (χ4n) is 1.92. The minimum Gasteiger partial charge on any atom is -0.298 e. The van der Waals surface area contributed by atoms with Crippen molar-refractivity contribution in [2.24, 2.45) is 0 Å². The van der Waals surface area contributed by atoms with Crippen LogP contribution in [-0.2, 0) is 12.8 Å². The van der Waals surface area contributed by atoms with E-state index >= 15 is 0 Å². The zero-order valence-electron chi connectivity index (χ0n) is 10.5. The Labute approximate surface area is 111 Å². The van der Waals surface area contributed by atoms with Crippen molar-refractivity contribution in [3.8, 4) is 5.69 Å². The van der Waals surface area contributed by atoms with Crippen LogP contribution >= 0.6 is 11.6 Å². The van der Waals surface area contributed by atoms with Gasteiger partial charge in [0, 0.05) is 16.3 Å². The van der Waals surface area contributed by atoms with Crippen LogP contribution in [0.2, 0.25) is 5.02 Å². The average Bonchev–Trinajstić information content (AvgIpc) is 2.81. The number of carbonyl (C=O) groups is 1. The Kier molecular flexibility index (Phi) is 3.82. The maximum Gasteiger partial charge on any atom is 0.152 e. The van der Waals surface area contributed by atoms with Gasteiger partial charge in [0.05, 0.1) is 11.4 Å². The lowest BCUT2D eigenvalue weighted by molar-refractivity contribution is 0.112. The Hall–Kier alpha value is -1.61. The standard InChI is InChI=1S/C14H15ClN2O/c1-3-12-8-13(4-2)17(16-12)14-6-5-11(15)7-10(14)9-18/h5-9H,3-4H2,1-2H3. The van der Waals surface area contributed by atoms with Crippen molar-refractivity contribution >= 4 is 17.9 Å². The zero-order valence-corrected chi connectivity index (χ0v) is 11.2. The molecule has 0 aliphatic carbocycles. The summed E-state index contributed by atoms with van der Waals surface area (Å²) < 4.78 is 1.83. The molecule has 0 unspecified atom stereocenters. The van der Waals surface area contributed by atoms with E-state index in [1.807, 2.05) is 10.7 Å². The van der Waals surface area contributed by atoms with Crippen LogP contribution in [0.25, 0.3) is 5.69 Å². The fraction of sp³-hybridized carbons (Fsp3) is 0.286. The lowest BCUT2D eigenvalue weighted by Crippen LogP contribution is -2.05. The third kappa shape index (κ3) is 2.31. The van der Waals surface area contributed by atoms with Crippen molar-refractivity contribution < 1.29 is 4.79 Å². The summed E-state index contributed by atoms with van der Waals surface area (Å²) in [4.78, 5) is 11.1. The van der Waals surface area contributed by atoms with Gasteiger partial charge in [0.15, 0.2) is 6.29 Å². The topological polar surface area (TPSA) is 34.9 Å². The molecule has 0 N–H and O–H groups in total. The quantitative estimate of drug-likeness (QED) is 0.791. The second kappa shape index (κ2) is 5.36. The van der Waals surface area contributed by atoms with Crippen LogP contribution in [0.1, 0.15) is 35.6 Å². The Morgan fingerprint density at radius 3 is 2.67 bits per heavy atom. The Bertz CT molecular complexity index is 575. The minimum absolute atomic E-state index is 0.557. The summed E-state index contributed by atoms with van der Waals surface area (Å²) in [6.07, 6.45) is 2.56. The number of rotatable bonds is 4. The van der Waals surface area contributed by atoms with E-state index < -0.39 is 0 Å². The molecule has 1 aromatic heterocycles. The summed E-state index contributed by atoms with van der Waals surface area (Å²) in [6.45, 7) is 4.14. The molecule has 0 radical (unpaired) electrons. The summed E-state index contributed by atoms with van der Waals surface area (Å²) in [7, 11) is 0. The largest absolute Gasteiger partial charge is 0.298 e. The van der Waals surface area contributed by atoms with Crippen molar-refractivity contribution in [2.45, 2.75) is 26.7 Å². The van der Waals surface area contributed by atoms with Gasteiger partial charge in [-0.3, -0.25) is 4.79 Å². The van der Waals surface area contributed by atoms with E-state index in [4.69, 9.17) is 11.6 Å². The summed E-state index contributed by atoms with van der Waals surface area (Å²) >= 11 is 5.90. The van der Waals surface area contributed by atoms with Gasteiger partial charge >= 0.3 is 0 Å². The Balaban J connectivity index is 2.60. The molecule has 0 fully saturated rings. The van der Waals surface area contributed by atoms with Gasteiger partial charge in [-0.05, 0) is 37.1 Å². The van der Waals surface area contributed by atoms with E-state index in [9.17, 15) is 4.79 Å². The van der Waals surface area contributed by atoms with Crippen LogP contribution in [0.5, 0.6) is 0 Å². The second-order valence-corrected chi connectivity index (χ2v) is 4.50. The molecular formula is C14H15ClN2O. The molecule has 0 saturated carbocycles. The molecular weight excluding hydrogens is 248 g/mol. The number of aromatic nitrogens is 2. The highest BCUT2D eigenvalue weighted by molar-refractivity contribution is 6.30. The Morgan fingerprint density at radius 1 is 1.28 bits per heavy atom. The highest BCUT2D eigenvalue weighted by Crippen LogP contribution is 2.20. The molecule has 1 heterocycles. The Morgan fingerprint density at radius 2 is 2.06 bits per heavy atom. The van der Waals surface area contributed by atoms with Crippen LogP contribution in [0.15, 0.2) is 24.3 Å². The van der Waals surface area contributed by atoms with Crippen molar-refractivity contribution in [3.05, 3.63) is 46.2 Å². The van der Waals surface area contributed by atoms with Gasteiger partial charge in [-0.15, -0.1) is 0 Å². The van der Waals surface area contributed by atoms with Gasteiger partial charge in [-0.25, -0.2) is 4.68 Å². The lowest BCUT2D eigenvalue weighted by atomic mass is 10.2. The van der Waals surface area contributed by atoms with Crippen molar-refractivity contribution in [1.82, 2.24) is 9.78 Å². The second-order valence-electron chi connectivity index (χ2n) is 4.07. The molecule has 0 aliphatic heterocycles. The molecule has 0 saturated heterocycles. The molecule has 94 valence electrons. The van der Waals surface area contributed by atoms with Gasteiger partial charge in [-0.2, -0.15) is 5.10 Å². The van der Waals surface area contributed by atoms with Crippen molar-refractivity contribution in [1.29, 1.82) is 0 Å². The number of aldehydes is 1. The molecule has 2 aromatic rings. The number of hydrogen-bond donors (Lipinski definition) is 0. The van der Waals surface area contributed by atoms with E-state index in [-0.39, 0.29) is 0 Å². The highest BCUT2D eigenvalue weighted by atomic mass is 35.5. The molecule has 18 heavy (non-hydrogen) atoms. The maximum absolute atomic E-state index is 11.1. The van der Waals surface area contributed by atoms with Crippen LogP contribution < -0.4 is 0 Å². The smallest absolute Gasteiger partial charge is 0.152 e. The normalized spacial score (nSPS) is 10.6. The van der Waals surface area contributed by atoms with E-state index in [1.165, 1.54) is 0 Å². The van der Waals surface area contributed by atoms with E-state index in [1.54, 1.807) is 12.1 Å². The molecule has 0 spiro atoms. The monoisotopic (exact) mass is 262 g/mol. The first kappa shape index (κ1) is 12.8. The molecule has 0 bridgehead atoms. The minimum atomic E-state index is 0.557. The molecule has 3 nitrogen and oxygen atoms in total. The van der Waals surface area contributed by atoms with Gasteiger partial charge in [0.25, 0.3) is 0 Å². The van der Waals surface area contributed by atoms with Crippen LogP contribution in [-0.4, -0.2) is 16.1 Å². The number of carbonyl (C=O) groups excluding carboxylic acids is 1. The molecule has 0 atom stereocenters. The number of nitrogens with zero attached hydrogens (tertiary/aromatic N) is 2. The summed E-state index contributed by atoms with van der Waals surface area (Å²) in [5.74, 6) is 0.